The van der Waals surface area contributed by atoms with Gasteiger partial charge in [0.15, 0.2) is 0 Å². The van der Waals surface area contributed by atoms with Gasteiger partial charge < -0.3 is 5.32 Å². The maximum atomic E-state index is 3.63. The summed E-state index contributed by atoms with van der Waals surface area (Å²) in [6.07, 6.45) is 6.67. The lowest BCUT2D eigenvalue weighted by Crippen LogP contribution is -2.59. The molecule has 0 spiro atoms. The van der Waals surface area contributed by atoms with E-state index in [2.05, 4.69) is 55.4 Å². The zero-order chi connectivity index (χ0) is 14.9. The molecule has 21 heavy (non-hydrogen) atoms. The molecular formula is C19H30N2. The van der Waals surface area contributed by atoms with E-state index in [1.165, 1.54) is 45.2 Å². The quantitative estimate of drug-likeness (QED) is 0.890. The molecule has 2 nitrogen and oxygen atoms in total. The van der Waals surface area contributed by atoms with Gasteiger partial charge in [-0.25, -0.2) is 0 Å². The molecule has 116 valence electrons. The van der Waals surface area contributed by atoms with Gasteiger partial charge in [-0.15, -0.1) is 0 Å². The predicted octanol–water partition coefficient (Wildman–Crippen LogP) is 3.57. The van der Waals surface area contributed by atoms with Crippen LogP contribution in [-0.4, -0.2) is 36.6 Å². The van der Waals surface area contributed by atoms with Gasteiger partial charge in [-0.2, -0.15) is 0 Å². The van der Waals surface area contributed by atoms with Crippen LogP contribution in [0.2, 0.25) is 0 Å². The monoisotopic (exact) mass is 286 g/mol. The Kier molecular flexibility index (Phi) is 4.37. The van der Waals surface area contributed by atoms with E-state index in [1.54, 1.807) is 11.1 Å². The number of rotatable bonds is 5. The van der Waals surface area contributed by atoms with E-state index in [0.29, 0.717) is 6.04 Å². The fourth-order valence-corrected chi connectivity index (χ4v) is 4.31. The summed E-state index contributed by atoms with van der Waals surface area (Å²) in [6, 6.07) is 9.53. The molecule has 3 rings (SSSR count). The number of hydrogen-bond donors (Lipinski definition) is 1. The van der Waals surface area contributed by atoms with Crippen LogP contribution in [0.1, 0.15) is 56.6 Å². The number of piperidine rings is 1. The third-order valence-corrected chi connectivity index (χ3v) is 5.85. The first-order chi connectivity index (χ1) is 10.1. The van der Waals surface area contributed by atoms with Crippen molar-refractivity contribution in [3.8, 4) is 0 Å². The van der Waals surface area contributed by atoms with E-state index >= 15 is 0 Å². The molecule has 1 aromatic rings. The second-order valence-corrected chi connectivity index (χ2v) is 7.38. The number of nitrogens with zero attached hydrogens (tertiary/aromatic N) is 1. The van der Waals surface area contributed by atoms with Crippen LogP contribution in [0.3, 0.4) is 0 Å². The highest BCUT2D eigenvalue weighted by Crippen LogP contribution is 2.40. The molecule has 0 saturated carbocycles. The minimum absolute atomic E-state index is 0.250. The molecule has 1 aromatic carbocycles. The highest BCUT2D eigenvalue weighted by Gasteiger charge is 2.38. The van der Waals surface area contributed by atoms with Crippen LogP contribution in [0.15, 0.2) is 24.3 Å². The summed E-state index contributed by atoms with van der Waals surface area (Å²) in [5.41, 5.74) is 3.40. The van der Waals surface area contributed by atoms with Crippen LogP contribution in [0.25, 0.3) is 0 Å². The van der Waals surface area contributed by atoms with Gasteiger partial charge in [-0.05, 0) is 76.7 Å². The topological polar surface area (TPSA) is 15.3 Å². The lowest BCUT2D eigenvalue weighted by atomic mass is 9.72. The molecule has 2 aliphatic rings. The first-order valence-electron chi connectivity index (χ1n) is 8.63. The van der Waals surface area contributed by atoms with Crippen LogP contribution >= 0.6 is 0 Å². The van der Waals surface area contributed by atoms with Crippen LogP contribution in [0, 0.1) is 0 Å². The SMILES string of the molecule is CNC(CC1Cc2ccccc21)C(C)(C)N1CCCCC1. The van der Waals surface area contributed by atoms with Gasteiger partial charge in [-0.3, -0.25) is 4.90 Å². The highest BCUT2D eigenvalue weighted by atomic mass is 15.2. The zero-order valence-electron chi connectivity index (χ0n) is 13.9. The van der Waals surface area contributed by atoms with Crippen molar-refractivity contribution in [2.24, 2.45) is 0 Å². The molecule has 0 aromatic heterocycles. The van der Waals surface area contributed by atoms with Crippen LogP contribution in [-0.2, 0) is 6.42 Å². The first kappa shape index (κ1) is 15.1. The van der Waals surface area contributed by atoms with Crippen LogP contribution < -0.4 is 5.32 Å². The number of fused-ring (bicyclic) bond motifs is 1. The zero-order valence-corrected chi connectivity index (χ0v) is 13.9. The number of hydrogen-bond acceptors (Lipinski definition) is 2. The third-order valence-electron chi connectivity index (χ3n) is 5.85. The Balaban J connectivity index is 1.67. The van der Waals surface area contributed by atoms with Crippen molar-refractivity contribution in [1.82, 2.24) is 10.2 Å². The molecule has 1 aliphatic heterocycles. The maximum Gasteiger partial charge on any atom is 0.0306 e. The molecule has 0 radical (unpaired) electrons. The fraction of sp³-hybridized carbons (Fsp3) is 0.684. The van der Waals surface area contributed by atoms with Crippen LogP contribution in [0.5, 0.6) is 0 Å². The van der Waals surface area contributed by atoms with E-state index in [0.717, 1.165) is 5.92 Å². The molecule has 1 N–H and O–H groups in total. The van der Waals surface area contributed by atoms with Gasteiger partial charge in [0.05, 0.1) is 0 Å². The summed E-state index contributed by atoms with van der Waals surface area (Å²) in [7, 11) is 2.14. The second kappa shape index (κ2) is 6.10. The summed E-state index contributed by atoms with van der Waals surface area (Å²) in [4.78, 5) is 2.71. The Morgan fingerprint density at radius 1 is 1.19 bits per heavy atom. The molecule has 1 heterocycles. The van der Waals surface area contributed by atoms with E-state index < -0.39 is 0 Å². The Morgan fingerprint density at radius 2 is 1.90 bits per heavy atom. The van der Waals surface area contributed by atoms with Gasteiger partial charge in [0.2, 0.25) is 0 Å². The van der Waals surface area contributed by atoms with Crippen molar-refractivity contribution in [2.45, 2.75) is 63.5 Å². The smallest absolute Gasteiger partial charge is 0.0306 e. The van der Waals surface area contributed by atoms with E-state index in [-0.39, 0.29) is 5.54 Å². The Labute approximate surface area is 129 Å². The Hall–Kier alpha value is -0.860. The van der Waals surface area contributed by atoms with E-state index in [1.807, 2.05) is 0 Å². The first-order valence-corrected chi connectivity index (χ1v) is 8.63. The standard InChI is InChI=1S/C19H30N2/c1-19(2,21-11-7-4-8-12-21)18(20-3)14-16-13-15-9-5-6-10-17(15)16/h5-6,9-10,16,18,20H,4,7-8,11-14H2,1-3H3. The summed E-state index contributed by atoms with van der Waals surface area (Å²) in [5, 5.41) is 3.63. The van der Waals surface area contributed by atoms with Gasteiger partial charge >= 0.3 is 0 Å². The average molecular weight is 286 g/mol. The number of benzene rings is 1. The molecule has 0 bridgehead atoms. The minimum atomic E-state index is 0.250. The maximum absolute atomic E-state index is 3.63. The Bertz CT molecular complexity index is 474. The molecule has 2 unspecified atom stereocenters. The summed E-state index contributed by atoms with van der Waals surface area (Å²) >= 11 is 0. The lowest BCUT2D eigenvalue weighted by molar-refractivity contribution is 0.0575. The second-order valence-electron chi connectivity index (χ2n) is 7.38. The lowest BCUT2D eigenvalue weighted by Gasteiger charge is -2.47. The van der Waals surface area contributed by atoms with Crippen molar-refractivity contribution in [3.05, 3.63) is 35.4 Å². The average Bonchev–Trinajstić information content (AvgIpc) is 2.49. The molecule has 2 heteroatoms. The van der Waals surface area contributed by atoms with Gasteiger partial charge in [0, 0.05) is 11.6 Å². The normalized spacial score (nSPS) is 24.2. The van der Waals surface area contributed by atoms with Crippen molar-refractivity contribution in [3.63, 3.8) is 0 Å². The minimum Gasteiger partial charge on any atom is -0.315 e. The molecular weight excluding hydrogens is 256 g/mol. The summed E-state index contributed by atoms with van der Waals surface area (Å²) < 4.78 is 0. The molecule has 1 aliphatic carbocycles. The molecule has 1 saturated heterocycles. The predicted molar refractivity (Wildman–Crippen MR) is 89.9 cm³/mol. The van der Waals surface area contributed by atoms with Gasteiger partial charge in [0.1, 0.15) is 0 Å². The summed E-state index contributed by atoms with van der Waals surface area (Å²) in [6.45, 7) is 7.41. The van der Waals surface area contributed by atoms with Crippen molar-refractivity contribution >= 4 is 0 Å². The molecule has 1 fully saturated rings. The summed E-state index contributed by atoms with van der Waals surface area (Å²) in [5.74, 6) is 0.753. The molecule has 2 atom stereocenters. The third kappa shape index (κ3) is 2.89. The van der Waals surface area contributed by atoms with E-state index in [9.17, 15) is 0 Å². The fourth-order valence-electron chi connectivity index (χ4n) is 4.31. The van der Waals surface area contributed by atoms with E-state index in [4.69, 9.17) is 0 Å². The Morgan fingerprint density at radius 3 is 2.57 bits per heavy atom. The number of likely N-dealkylation sites (tertiary alicyclic amines) is 1. The number of likely N-dealkylation sites (N-methyl/N-ethyl adjacent to an activating group) is 1. The van der Waals surface area contributed by atoms with Crippen molar-refractivity contribution in [1.29, 1.82) is 0 Å². The largest absolute Gasteiger partial charge is 0.315 e. The molecule has 0 amide bonds. The highest BCUT2D eigenvalue weighted by molar-refractivity contribution is 5.40. The van der Waals surface area contributed by atoms with Crippen molar-refractivity contribution < 1.29 is 0 Å². The van der Waals surface area contributed by atoms with Crippen LogP contribution in [0.4, 0.5) is 0 Å². The number of nitrogens with one attached hydrogen (secondary N) is 1. The van der Waals surface area contributed by atoms with Gasteiger partial charge in [-0.1, -0.05) is 30.7 Å². The van der Waals surface area contributed by atoms with Gasteiger partial charge in [0.25, 0.3) is 0 Å². The van der Waals surface area contributed by atoms with Crippen molar-refractivity contribution in [2.75, 3.05) is 20.1 Å².